The summed E-state index contributed by atoms with van der Waals surface area (Å²) in [4.78, 5) is 0. The highest BCUT2D eigenvalue weighted by Gasteiger charge is 2.01. The van der Waals surface area contributed by atoms with E-state index in [0.29, 0.717) is 10.9 Å². The molecule has 0 bridgehead atoms. The number of halogens is 1. The molecule has 16 heavy (non-hydrogen) atoms. The first kappa shape index (κ1) is 13.3. The average molecular weight is 242 g/mol. The molecule has 0 saturated carbocycles. The summed E-state index contributed by atoms with van der Waals surface area (Å²) in [6.07, 6.45) is 1.00. The van der Waals surface area contributed by atoms with Crippen LogP contribution in [0.5, 0.6) is 5.75 Å². The number of methoxy groups -OCH3 is 1. The van der Waals surface area contributed by atoms with Crippen molar-refractivity contribution in [1.29, 1.82) is 0 Å². The molecule has 0 spiro atoms. The van der Waals surface area contributed by atoms with E-state index in [1.54, 1.807) is 7.11 Å². The van der Waals surface area contributed by atoms with Crippen LogP contribution in [-0.2, 0) is 6.42 Å². The maximum atomic E-state index is 5.96. The molecule has 0 aliphatic heterocycles. The fourth-order valence-electron chi connectivity index (χ4n) is 1.48. The zero-order chi connectivity index (χ0) is 12.0. The lowest BCUT2D eigenvalue weighted by atomic mass is 10.1. The van der Waals surface area contributed by atoms with Crippen LogP contribution < -0.4 is 10.1 Å². The molecule has 0 heterocycles. The van der Waals surface area contributed by atoms with Crippen molar-refractivity contribution in [2.75, 3.05) is 20.2 Å². The van der Waals surface area contributed by atoms with Gasteiger partial charge >= 0.3 is 0 Å². The molecular formula is C13H20ClNO. The van der Waals surface area contributed by atoms with E-state index in [-0.39, 0.29) is 0 Å². The Morgan fingerprint density at radius 3 is 2.75 bits per heavy atom. The summed E-state index contributed by atoms with van der Waals surface area (Å²) >= 11 is 5.96. The van der Waals surface area contributed by atoms with Gasteiger partial charge in [-0.05, 0) is 43.1 Å². The maximum absolute atomic E-state index is 5.96. The maximum Gasteiger partial charge on any atom is 0.137 e. The minimum Gasteiger partial charge on any atom is -0.495 e. The molecule has 1 aromatic rings. The Kier molecular flexibility index (Phi) is 5.64. The van der Waals surface area contributed by atoms with E-state index >= 15 is 0 Å². The Labute approximate surface area is 103 Å². The Bertz CT molecular complexity index is 326. The van der Waals surface area contributed by atoms with Gasteiger partial charge in [-0.25, -0.2) is 0 Å². The minimum absolute atomic E-state index is 0.668. The quantitative estimate of drug-likeness (QED) is 0.773. The van der Waals surface area contributed by atoms with Crippen LogP contribution >= 0.6 is 11.6 Å². The monoisotopic (exact) mass is 241 g/mol. The van der Waals surface area contributed by atoms with Crippen molar-refractivity contribution >= 4 is 11.6 Å². The first-order valence-corrected chi connectivity index (χ1v) is 6.04. The van der Waals surface area contributed by atoms with E-state index in [4.69, 9.17) is 16.3 Å². The predicted molar refractivity (Wildman–Crippen MR) is 69.4 cm³/mol. The van der Waals surface area contributed by atoms with E-state index in [2.05, 4.69) is 19.2 Å². The molecule has 0 amide bonds. The van der Waals surface area contributed by atoms with Crippen molar-refractivity contribution in [3.05, 3.63) is 28.8 Å². The van der Waals surface area contributed by atoms with Crippen LogP contribution in [0.15, 0.2) is 18.2 Å². The molecule has 0 radical (unpaired) electrons. The topological polar surface area (TPSA) is 21.3 Å². The second kappa shape index (κ2) is 6.77. The highest BCUT2D eigenvalue weighted by Crippen LogP contribution is 2.24. The average Bonchev–Trinajstić information content (AvgIpc) is 2.26. The van der Waals surface area contributed by atoms with Crippen LogP contribution in [-0.4, -0.2) is 20.2 Å². The van der Waals surface area contributed by atoms with Crippen LogP contribution in [0.2, 0.25) is 5.02 Å². The molecule has 0 saturated heterocycles. The lowest BCUT2D eigenvalue weighted by molar-refractivity contribution is 0.414. The largest absolute Gasteiger partial charge is 0.495 e. The Morgan fingerprint density at radius 1 is 1.38 bits per heavy atom. The molecule has 0 atom stereocenters. The number of hydrogen-bond acceptors (Lipinski definition) is 2. The van der Waals surface area contributed by atoms with Gasteiger partial charge in [0.05, 0.1) is 12.1 Å². The number of nitrogens with one attached hydrogen (secondary N) is 1. The third kappa shape index (κ3) is 4.42. The normalized spacial score (nSPS) is 10.8. The van der Waals surface area contributed by atoms with Crippen LogP contribution in [0.4, 0.5) is 0 Å². The molecule has 1 rings (SSSR count). The summed E-state index contributed by atoms with van der Waals surface area (Å²) in [5.41, 5.74) is 1.25. The molecule has 0 aliphatic rings. The molecule has 0 aliphatic carbocycles. The van der Waals surface area contributed by atoms with Gasteiger partial charge in [-0.3, -0.25) is 0 Å². The van der Waals surface area contributed by atoms with Crippen molar-refractivity contribution in [1.82, 2.24) is 5.32 Å². The van der Waals surface area contributed by atoms with Gasteiger partial charge in [-0.15, -0.1) is 0 Å². The number of rotatable bonds is 6. The molecule has 3 heteroatoms. The summed E-state index contributed by atoms with van der Waals surface area (Å²) in [5.74, 6) is 1.45. The molecular weight excluding hydrogens is 222 g/mol. The van der Waals surface area contributed by atoms with Gasteiger partial charge in [0.25, 0.3) is 0 Å². The summed E-state index contributed by atoms with van der Waals surface area (Å²) in [5, 5.41) is 4.08. The molecule has 0 fully saturated rings. The van der Waals surface area contributed by atoms with Gasteiger partial charge < -0.3 is 10.1 Å². The first-order valence-electron chi connectivity index (χ1n) is 5.66. The fraction of sp³-hybridized carbons (Fsp3) is 0.538. The van der Waals surface area contributed by atoms with E-state index in [9.17, 15) is 0 Å². The van der Waals surface area contributed by atoms with Gasteiger partial charge in [0, 0.05) is 0 Å². The molecule has 0 unspecified atom stereocenters. The third-order valence-electron chi connectivity index (χ3n) is 2.36. The lowest BCUT2D eigenvalue weighted by Crippen LogP contribution is -2.22. The molecule has 0 aromatic heterocycles. The van der Waals surface area contributed by atoms with Gasteiger partial charge in [-0.1, -0.05) is 31.5 Å². The van der Waals surface area contributed by atoms with E-state index in [1.165, 1.54) is 5.56 Å². The van der Waals surface area contributed by atoms with Gasteiger partial charge in [0.2, 0.25) is 0 Å². The summed E-state index contributed by atoms with van der Waals surface area (Å²) in [7, 11) is 1.64. The van der Waals surface area contributed by atoms with Gasteiger partial charge in [0.15, 0.2) is 0 Å². The summed E-state index contributed by atoms with van der Waals surface area (Å²) in [6.45, 7) is 6.46. The van der Waals surface area contributed by atoms with Crippen molar-refractivity contribution in [2.24, 2.45) is 5.92 Å². The van der Waals surface area contributed by atoms with Crippen molar-refractivity contribution in [3.8, 4) is 5.75 Å². The van der Waals surface area contributed by atoms with Crippen LogP contribution in [0.1, 0.15) is 19.4 Å². The SMILES string of the molecule is COc1cc(CCNCC(C)C)ccc1Cl. The van der Waals surface area contributed by atoms with Crippen molar-refractivity contribution < 1.29 is 4.74 Å². The standard InChI is InChI=1S/C13H20ClNO/c1-10(2)9-15-7-6-11-4-5-12(14)13(8-11)16-3/h4-5,8,10,15H,6-7,9H2,1-3H3. The molecule has 90 valence electrons. The fourth-order valence-corrected chi connectivity index (χ4v) is 1.68. The van der Waals surface area contributed by atoms with E-state index < -0.39 is 0 Å². The Hall–Kier alpha value is -0.730. The van der Waals surface area contributed by atoms with Crippen LogP contribution in [0.3, 0.4) is 0 Å². The predicted octanol–water partition coefficient (Wildman–Crippen LogP) is 3.14. The van der Waals surface area contributed by atoms with Crippen molar-refractivity contribution in [3.63, 3.8) is 0 Å². The minimum atomic E-state index is 0.668. The van der Waals surface area contributed by atoms with Gasteiger partial charge in [0.1, 0.15) is 5.75 Å². The summed E-state index contributed by atoms with van der Waals surface area (Å²) in [6, 6.07) is 5.93. The number of ether oxygens (including phenoxy) is 1. The van der Waals surface area contributed by atoms with Crippen LogP contribution in [0.25, 0.3) is 0 Å². The van der Waals surface area contributed by atoms with E-state index in [0.717, 1.165) is 25.3 Å². The van der Waals surface area contributed by atoms with Crippen LogP contribution in [0, 0.1) is 5.92 Å². The third-order valence-corrected chi connectivity index (χ3v) is 2.67. The molecule has 1 N–H and O–H groups in total. The Morgan fingerprint density at radius 2 is 2.12 bits per heavy atom. The smallest absolute Gasteiger partial charge is 0.137 e. The number of benzene rings is 1. The highest BCUT2D eigenvalue weighted by atomic mass is 35.5. The lowest BCUT2D eigenvalue weighted by Gasteiger charge is -2.09. The summed E-state index contributed by atoms with van der Waals surface area (Å²) < 4.78 is 5.18. The highest BCUT2D eigenvalue weighted by molar-refractivity contribution is 6.32. The second-order valence-electron chi connectivity index (χ2n) is 4.32. The Balaban J connectivity index is 2.42. The van der Waals surface area contributed by atoms with E-state index in [1.807, 2.05) is 18.2 Å². The number of hydrogen-bond donors (Lipinski definition) is 1. The molecule has 2 nitrogen and oxygen atoms in total. The zero-order valence-electron chi connectivity index (χ0n) is 10.2. The second-order valence-corrected chi connectivity index (χ2v) is 4.72. The zero-order valence-corrected chi connectivity index (χ0v) is 11.0. The van der Waals surface area contributed by atoms with Crippen molar-refractivity contribution in [2.45, 2.75) is 20.3 Å². The first-order chi connectivity index (χ1) is 7.63. The molecule has 1 aromatic carbocycles. The van der Waals surface area contributed by atoms with Gasteiger partial charge in [-0.2, -0.15) is 0 Å².